The lowest BCUT2D eigenvalue weighted by molar-refractivity contribution is 0.135. The molecule has 1 aliphatic heterocycles. The number of urea groups is 1. The Bertz CT molecular complexity index is 671. The van der Waals surface area contributed by atoms with Gasteiger partial charge >= 0.3 is 6.03 Å². The zero-order valence-electron chi connectivity index (χ0n) is 14.7. The van der Waals surface area contributed by atoms with Crippen molar-refractivity contribution in [2.24, 2.45) is 0 Å². The number of likely N-dealkylation sites (tertiary alicyclic amines) is 1. The Morgan fingerprint density at radius 1 is 1.32 bits per heavy atom. The first-order chi connectivity index (χ1) is 12.2. The van der Waals surface area contributed by atoms with E-state index in [0.29, 0.717) is 12.6 Å². The van der Waals surface area contributed by atoms with Crippen LogP contribution in [0.3, 0.4) is 0 Å². The van der Waals surface area contributed by atoms with Crippen LogP contribution in [0.25, 0.3) is 0 Å². The fraction of sp³-hybridized carbons (Fsp3) is 0.500. The number of amides is 2. The number of benzene rings is 1. The van der Waals surface area contributed by atoms with Crippen LogP contribution in [0.5, 0.6) is 0 Å². The monoisotopic (exact) mass is 342 g/mol. The quantitative estimate of drug-likeness (QED) is 0.753. The average molecular weight is 342 g/mol. The molecule has 1 fully saturated rings. The third-order valence-corrected chi connectivity index (χ3v) is 4.53. The highest BCUT2D eigenvalue weighted by atomic mass is 16.2. The maximum Gasteiger partial charge on any atom is 0.319 e. The second kappa shape index (κ2) is 8.62. The van der Waals surface area contributed by atoms with E-state index in [0.717, 1.165) is 43.3 Å². The van der Waals surface area contributed by atoms with Gasteiger partial charge in [0.2, 0.25) is 0 Å². The van der Waals surface area contributed by atoms with E-state index in [4.69, 9.17) is 0 Å². The van der Waals surface area contributed by atoms with Gasteiger partial charge in [-0.3, -0.25) is 10.00 Å². The van der Waals surface area contributed by atoms with Gasteiger partial charge in [-0.15, -0.1) is 0 Å². The van der Waals surface area contributed by atoms with E-state index >= 15 is 0 Å². The highest BCUT2D eigenvalue weighted by Crippen LogP contribution is 2.18. The Kier molecular flexibility index (Phi) is 6.00. The smallest absolute Gasteiger partial charge is 0.319 e. The topological polar surface area (TPSA) is 85.9 Å². The summed E-state index contributed by atoms with van der Waals surface area (Å²) in [6, 6.07) is 9.65. The number of para-hydroxylation sites is 1. The summed E-state index contributed by atoms with van der Waals surface area (Å²) in [4.78, 5) is 19.0. The van der Waals surface area contributed by atoms with Crippen LogP contribution in [0.1, 0.15) is 37.8 Å². The van der Waals surface area contributed by atoms with Gasteiger partial charge in [-0.05, 0) is 31.5 Å². The fourth-order valence-corrected chi connectivity index (χ4v) is 3.16. The van der Waals surface area contributed by atoms with Gasteiger partial charge in [0.1, 0.15) is 11.6 Å². The predicted molar refractivity (Wildman–Crippen MR) is 97.3 cm³/mol. The van der Waals surface area contributed by atoms with Gasteiger partial charge in [0.05, 0.1) is 6.54 Å². The van der Waals surface area contributed by atoms with Crippen LogP contribution in [0.4, 0.5) is 10.5 Å². The lowest BCUT2D eigenvalue weighted by Gasteiger charge is -2.35. The molecule has 2 amide bonds. The van der Waals surface area contributed by atoms with Gasteiger partial charge in [-0.2, -0.15) is 5.10 Å². The van der Waals surface area contributed by atoms with Crippen LogP contribution in [0, 0.1) is 0 Å². The van der Waals surface area contributed by atoms with Gasteiger partial charge in [0.15, 0.2) is 0 Å². The molecule has 0 bridgehead atoms. The molecule has 1 atom stereocenters. The number of hydrogen-bond donors (Lipinski definition) is 3. The number of rotatable bonds is 6. The van der Waals surface area contributed by atoms with E-state index < -0.39 is 0 Å². The predicted octanol–water partition coefficient (Wildman–Crippen LogP) is 2.54. The molecule has 0 unspecified atom stereocenters. The minimum atomic E-state index is -0.162. The van der Waals surface area contributed by atoms with Gasteiger partial charge in [-0.1, -0.05) is 31.5 Å². The molecule has 1 saturated heterocycles. The minimum absolute atomic E-state index is 0.162. The standard InChI is InChI=1S/C18H26N6O/c1-2-16-21-17(23-22-16)13-24-11-7-6-10-15(24)12-19-18(25)20-14-8-4-3-5-9-14/h3-5,8-9,15H,2,6-7,10-13H2,1H3,(H2,19,20,25)(H,21,22,23)/t15-/m1/s1. The number of nitrogens with zero attached hydrogens (tertiary/aromatic N) is 3. The Morgan fingerprint density at radius 2 is 2.16 bits per heavy atom. The number of hydrogen-bond acceptors (Lipinski definition) is 4. The molecule has 7 nitrogen and oxygen atoms in total. The number of anilines is 1. The third-order valence-electron chi connectivity index (χ3n) is 4.53. The van der Waals surface area contributed by atoms with Crippen molar-refractivity contribution in [1.82, 2.24) is 25.4 Å². The normalized spacial score (nSPS) is 18.0. The summed E-state index contributed by atoms with van der Waals surface area (Å²) >= 11 is 0. The Balaban J connectivity index is 1.51. The molecule has 25 heavy (non-hydrogen) atoms. The first kappa shape index (κ1) is 17.4. The molecule has 134 valence electrons. The maximum absolute atomic E-state index is 12.1. The Hall–Kier alpha value is -2.41. The number of aryl methyl sites for hydroxylation is 1. The third kappa shape index (κ3) is 5.03. The van der Waals surface area contributed by atoms with Crippen molar-refractivity contribution in [3.63, 3.8) is 0 Å². The molecule has 3 rings (SSSR count). The molecule has 3 N–H and O–H groups in total. The average Bonchev–Trinajstić information content (AvgIpc) is 3.09. The number of carbonyl (C=O) groups is 1. The molecule has 7 heteroatoms. The minimum Gasteiger partial charge on any atom is -0.336 e. The summed E-state index contributed by atoms with van der Waals surface area (Å²) in [6.45, 7) is 4.45. The lowest BCUT2D eigenvalue weighted by atomic mass is 10.0. The van der Waals surface area contributed by atoms with Crippen LogP contribution in [0.15, 0.2) is 30.3 Å². The molecule has 0 saturated carbocycles. The van der Waals surface area contributed by atoms with Crippen LogP contribution in [-0.2, 0) is 13.0 Å². The van der Waals surface area contributed by atoms with E-state index in [1.165, 1.54) is 12.8 Å². The molecule has 2 aromatic rings. The van der Waals surface area contributed by atoms with Crippen LogP contribution < -0.4 is 10.6 Å². The molecule has 0 aliphatic carbocycles. The molecule has 1 aromatic heterocycles. The highest BCUT2D eigenvalue weighted by Gasteiger charge is 2.24. The Morgan fingerprint density at radius 3 is 2.92 bits per heavy atom. The summed E-state index contributed by atoms with van der Waals surface area (Å²) in [5, 5.41) is 13.1. The number of aromatic nitrogens is 3. The van der Waals surface area contributed by atoms with Crippen molar-refractivity contribution < 1.29 is 4.79 Å². The molecular formula is C18H26N6O. The van der Waals surface area contributed by atoms with Crippen molar-refractivity contribution in [3.05, 3.63) is 42.0 Å². The van der Waals surface area contributed by atoms with Crippen LogP contribution >= 0.6 is 0 Å². The molecule has 2 heterocycles. The lowest BCUT2D eigenvalue weighted by Crippen LogP contribution is -2.47. The summed E-state index contributed by atoms with van der Waals surface area (Å²) in [6.07, 6.45) is 4.29. The van der Waals surface area contributed by atoms with Crippen molar-refractivity contribution in [2.45, 2.75) is 45.2 Å². The number of H-pyrrole nitrogens is 1. The van der Waals surface area contributed by atoms with E-state index in [1.807, 2.05) is 37.3 Å². The second-order valence-electron chi connectivity index (χ2n) is 6.37. The van der Waals surface area contributed by atoms with Crippen LogP contribution in [-0.4, -0.2) is 45.2 Å². The van der Waals surface area contributed by atoms with E-state index in [1.54, 1.807) is 0 Å². The second-order valence-corrected chi connectivity index (χ2v) is 6.37. The summed E-state index contributed by atoms with van der Waals surface area (Å²) in [5.74, 6) is 1.75. The molecule has 1 aromatic carbocycles. The first-order valence-corrected chi connectivity index (χ1v) is 8.98. The zero-order chi connectivity index (χ0) is 17.5. The molecular weight excluding hydrogens is 316 g/mol. The SMILES string of the molecule is CCc1n[nH]c(CN2CCCC[C@@H]2CNC(=O)Nc2ccccc2)n1. The number of nitrogens with one attached hydrogen (secondary N) is 3. The van der Waals surface area contributed by atoms with Gasteiger partial charge in [0.25, 0.3) is 0 Å². The zero-order valence-corrected chi connectivity index (χ0v) is 14.7. The number of piperidine rings is 1. The highest BCUT2D eigenvalue weighted by molar-refractivity contribution is 5.89. The van der Waals surface area contributed by atoms with Gasteiger partial charge in [0, 0.05) is 24.7 Å². The van der Waals surface area contributed by atoms with E-state index in [-0.39, 0.29) is 6.03 Å². The summed E-state index contributed by atoms with van der Waals surface area (Å²) in [5.41, 5.74) is 0.800. The van der Waals surface area contributed by atoms with Gasteiger partial charge < -0.3 is 10.6 Å². The molecule has 0 spiro atoms. The van der Waals surface area contributed by atoms with E-state index in [2.05, 4.69) is 30.7 Å². The Labute approximate surface area is 148 Å². The molecule has 1 aliphatic rings. The van der Waals surface area contributed by atoms with Crippen molar-refractivity contribution in [1.29, 1.82) is 0 Å². The molecule has 0 radical (unpaired) electrons. The summed E-state index contributed by atoms with van der Waals surface area (Å²) in [7, 11) is 0. The summed E-state index contributed by atoms with van der Waals surface area (Å²) < 4.78 is 0. The number of aromatic amines is 1. The maximum atomic E-state index is 12.1. The van der Waals surface area contributed by atoms with Crippen molar-refractivity contribution >= 4 is 11.7 Å². The van der Waals surface area contributed by atoms with E-state index in [9.17, 15) is 4.79 Å². The van der Waals surface area contributed by atoms with Crippen LogP contribution in [0.2, 0.25) is 0 Å². The fourth-order valence-electron chi connectivity index (χ4n) is 3.16. The van der Waals surface area contributed by atoms with Crippen molar-refractivity contribution in [2.75, 3.05) is 18.4 Å². The largest absolute Gasteiger partial charge is 0.336 e. The van der Waals surface area contributed by atoms with Gasteiger partial charge in [-0.25, -0.2) is 9.78 Å². The first-order valence-electron chi connectivity index (χ1n) is 8.98. The number of carbonyl (C=O) groups excluding carboxylic acids is 1. The van der Waals surface area contributed by atoms with Crippen molar-refractivity contribution in [3.8, 4) is 0 Å².